The standard InChI is InChI=1S/C8H14O2/c1-2-9-6-4-3-5-7-8(6)10-7/h6-8H,2-5H2,1H3. The molecule has 0 aromatic rings. The van der Waals surface area contributed by atoms with E-state index in [4.69, 9.17) is 9.47 Å². The van der Waals surface area contributed by atoms with Crippen molar-refractivity contribution in [2.45, 2.75) is 44.5 Å². The summed E-state index contributed by atoms with van der Waals surface area (Å²) >= 11 is 0. The zero-order valence-corrected chi connectivity index (χ0v) is 6.38. The van der Waals surface area contributed by atoms with E-state index in [2.05, 4.69) is 0 Å². The lowest BCUT2D eigenvalue weighted by Crippen LogP contribution is -2.25. The van der Waals surface area contributed by atoms with Gasteiger partial charge in [0.15, 0.2) is 0 Å². The summed E-state index contributed by atoms with van der Waals surface area (Å²) in [5.74, 6) is 0. The quantitative estimate of drug-likeness (QED) is 0.543. The molecule has 0 aromatic heterocycles. The second-order valence-corrected chi connectivity index (χ2v) is 3.06. The van der Waals surface area contributed by atoms with Gasteiger partial charge in [-0.05, 0) is 26.2 Å². The van der Waals surface area contributed by atoms with Crippen molar-refractivity contribution in [3.8, 4) is 0 Å². The summed E-state index contributed by atoms with van der Waals surface area (Å²) in [6.45, 7) is 2.88. The van der Waals surface area contributed by atoms with Crippen LogP contribution >= 0.6 is 0 Å². The molecule has 2 rings (SSSR count). The Labute approximate surface area is 61.5 Å². The number of epoxide rings is 1. The van der Waals surface area contributed by atoms with Gasteiger partial charge in [0.05, 0.1) is 12.2 Å². The minimum atomic E-state index is 0.420. The van der Waals surface area contributed by atoms with Gasteiger partial charge in [-0.3, -0.25) is 0 Å². The van der Waals surface area contributed by atoms with Crippen molar-refractivity contribution in [3.63, 3.8) is 0 Å². The van der Waals surface area contributed by atoms with E-state index in [9.17, 15) is 0 Å². The molecular weight excluding hydrogens is 128 g/mol. The average molecular weight is 142 g/mol. The zero-order chi connectivity index (χ0) is 6.97. The number of ether oxygens (including phenoxy) is 2. The molecule has 0 amide bonds. The predicted octanol–water partition coefficient (Wildman–Crippen LogP) is 1.34. The molecule has 1 aliphatic heterocycles. The Morgan fingerprint density at radius 2 is 2.40 bits per heavy atom. The SMILES string of the molecule is CCOC1CCCC2OC12. The summed E-state index contributed by atoms with van der Waals surface area (Å²) in [5.41, 5.74) is 0. The molecular formula is C8H14O2. The van der Waals surface area contributed by atoms with E-state index in [0.29, 0.717) is 18.3 Å². The van der Waals surface area contributed by atoms with Crippen LogP contribution in [0.3, 0.4) is 0 Å². The molecule has 2 aliphatic rings. The fraction of sp³-hybridized carbons (Fsp3) is 1.00. The Morgan fingerprint density at radius 1 is 1.50 bits per heavy atom. The highest BCUT2D eigenvalue weighted by Crippen LogP contribution is 2.37. The third-order valence-electron chi connectivity index (χ3n) is 2.35. The summed E-state index contributed by atoms with van der Waals surface area (Å²) < 4.78 is 10.9. The summed E-state index contributed by atoms with van der Waals surface area (Å²) in [7, 11) is 0. The van der Waals surface area contributed by atoms with Gasteiger partial charge < -0.3 is 9.47 Å². The Kier molecular flexibility index (Phi) is 1.66. The third-order valence-corrected chi connectivity index (χ3v) is 2.35. The molecule has 1 saturated carbocycles. The van der Waals surface area contributed by atoms with Crippen molar-refractivity contribution in [1.29, 1.82) is 0 Å². The van der Waals surface area contributed by atoms with E-state index in [1.165, 1.54) is 19.3 Å². The molecule has 0 spiro atoms. The van der Waals surface area contributed by atoms with Crippen molar-refractivity contribution in [2.24, 2.45) is 0 Å². The fourth-order valence-electron chi connectivity index (χ4n) is 1.79. The second kappa shape index (κ2) is 2.51. The molecule has 0 radical (unpaired) electrons. The molecule has 2 fully saturated rings. The molecule has 0 aromatic carbocycles. The van der Waals surface area contributed by atoms with Crippen molar-refractivity contribution >= 4 is 0 Å². The zero-order valence-electron chi connectivity index (χ0n) is 6.38. The maximum atomic E-state index is 5.51. The van der Waals surface area contributed by atoms with Gasteiger partial charge in [-0.25, -0.2) is 0 Å². The first-order chi connectivity index (χ1) is 4.92. The van der Waals surface area contributed by atoms with E-state index in [-0.39, 0.29) is 0 Å². The molecule has 1 heterocycles. The highest BCUT2D eigenvalue weighted by Gasteiger charge is 2.47. The van der Waals surface area contributed by atoms with Gasteiger partial charge in [0.2, 0.25) is 0 Å². The van der Waals surface area contributed by atoms with Crippen LogP contribution < -0.4 is 0 Å². The first kappa shape index (κ1) is 6.62. The summed E-state index contributed by atoms with van der Waals surface area (Å²) in [6, 6.07) is 0. The van der Waals surface area contributed by atoms with Crippen LogP contribution in [-0.2, 0) is 9.47 Å². The Balaban J connectivity index is 1.84. The molecule has 0 N–H and O–H groups in total. The van der Waals surface area contributed by atoms with E-state index in [1.807, 2.05) is 6.92 Å². The Bertz CT molecular complexity index is 122. The Morgan fingerprint density at radius 3 is 3.20 bits per heavy atom. The monoisotopic (exact) mass is 142 g/mol. The Hall–Kier alpha value is -0.0800. The van der Waals surface area contributed by atoms with Crippen molar-refractivity contribution in [1.82, 2.24) is 0 Å². The van der Waals surface area contributed by atoms with Crippen LogP contribution in [0.2, 0.25) is 0 Å². The van der Waals surface area contributed by atoms with E-state index >= 15 is 0 Å². The van der Waals surface area contributed by atoms with Crippen LogP contribution in [0, 0.1) is 0 Å². The lowest BCUT2D eigenvalue weighted by Gasteiger charge is -2.17. The minimum absolute atomic E-state index is 0.420. The average Bonchev–Trinajstić information content (AvgIpc) is 2.67. The largest absolute Gasteiger partial charge is 0.376 e. The molecule has 1 saturated heterocycles. The van der Waals surface area contributed by atoms with Gasteiger partial charge in [0.1, 0.15) is 6.10 Å². The minimum Gasteiger partial charge on any atom is -0.376 e. The van der Waals surface area contributed by atoms with Crippen LogP contribution in [0.4, 0.5) is 0 Å². The van der Waals surface area contributed by atoms with E-state index < -0.39 is 0 Å². The maximum Gasteiger partial charge on any atom is 0.110 e. The van der Waals surface area contributed by atoms with E-state index in [0.717, 1.165) is 6.61 Å². The van der Waals surface area contributed by atoms with Crippen LogP contribution in [0.1, 0.15) is 26.2 Å². The molecule has 3 atom stereocenters. The highest BCUT2D eigenvalue weighted by atomic mass is 16.6. The predicted molar refractivity (Wildman–Crippen MR) is 37.9 cm³/mol. The molecule has 1 aliphatic carbocycles. The van der Waals surface area contributed by atoms with Gasteiger partial charge in [-0.1, -0.05) is 0 Å². The summed E-state index contributed by atoms with van der Waals surface area (Å²) in [6.07, 6.45) is 5.19. The molecule has 2 nitrogen and oxygen atoms in total. The topological polar surface area (TPSA) is 21.8 Å². The van der Waals surface area contributed by atoms with E-state index in [1.54, 1.807) is 0 Å². The van der Waals surface area contributed by atoms with Crippen LogP contribution in [0.25, 0.3) is 0 Å². The first-order valence-electron chi connectivity index (χ1n) is 4.19. The summed E-state index contributed by atoms with van der Waals surface area (Å²) in [5, 5.41) is 0. The van der Waals surface area contributed by atoms with Crippen molar-refractivity contribution < 1.29 is 9.47 Å². The van der Waals surface area contributed by atoms with Crippen LogP contribution in [0.15, 0.2) is 0 Å². The summed E-state index contributed by atoms with van der Waals surface area (Å²) in [4.78, 5) is 0. The highest BCUT2D eigenvalue weighted by molar-refractivity contribution is 4.95. The van der Waals surface area contributed by atoms with Crippen LogP contribution in [0.5, 0.6) is 0 Å². The number of hydrogen-bond donors (Lipinski definition) is 0. The molecule has 10 heavy (non-hydrogen) atoms. The van der Waals surface area contributed by atoms with Crippen molar-refractivity contribution in [2.75, 3.05) is 6.61 Å². The lowest BCUT2D eigenvalue weighted by molar-refractivity contribution is 0.0331. The van der Waals surface area contributed by atoms with Gasteiger partial charge in [-0.15, -0.1) is 0 Å². The van der Waals surface area contributed by atoms with Gasteiger partial charge in [0.25, 0.3) is 0 Å². The maximum absolute atomic E-state index is 5.51. The lowest BCUT2D eigenvalue weighted by atomic mass is 9.98. The van der Waals surface area contributed by atoms with Crippen molar-refractivity contribution in [3.05, 3.63) is 0 Å². The normalized spacial score (nSPS) is 44.7. The molecule has 0 bridgehead atoms. The third kappa shape index (κ3) is 1.06. The van der Waals surface area contributed by atoms with Gasteiger partial charge in [-0.2, -0.15) is 0 Å². The van der Waals surface area contributed by atoms with Crippen LogP contribution in [-0.4, -0.2) is 24.9 Å². The molecule has 2 heteroatoms. The molecule has 58 valence electrons. The second-order valence-electron chi connectivity index (χ2n) is 3.06. The smallest absolute Gasteiger partial charge is 0.110 e. The van der Waals surface area contributed by atoms with Gasteiger partial charge in [0, 0.05) is 6.61 Å². The number of rotatable bonds is 2. The fourth-order valence-corrected chi connectivity index (χ4v) is 1.79. The first-order valence-corrected chi connectivity index (χ1v) is 4.19. The number of fused-ring (bicyclic) bond motifs is 1. The number of hydrogen-bond acceptors (Lipinski definition) is 2. The van der Waals surface area contributed by atoms with Gasteiger partial charge >= 0.3 is 0 Å². The molecule has 3 unspecified atom stereocenters.